The largest absolute Gasteiger partial charge is 0.455 e. The second kappa shape index (κ2) is 13.4. The molecule has 0 aliphatic heterocycles. The van der Waals surface area contributed by atoms with Gasteiger partial charge in [-0.2, -0.15) is 0 Å². The highest BCUT2D eigenvalue weighted by Crippen LogP contribution is 2.63. The Morgan fingerprint density at radius 1 is 0.290 bits per heavy atom. The molecule has 9 aromatic carbocycles. The van der Waals surface area contributed by atoms with E-state index in [1.54, 1.807) is 0 Å². The molecular weight excluding hydrogens is 755 g/mol. The Balaban J connectivity index is 0.976. The first-order chi connectivity index (χ1) is 30.7. The third-order valence-corrected chi connectivity index (χ3v) is 13.0. The van der Waals surface area contributed by atoms with E-state index in [1.807, 2.05) is 36.4 Å². The molecule has 0 saturated carbocycles. The van der Waals surface area contributed by atoms with Gasteiger partial charge in [-0.05, 0) is 79.4 Å². The zero-order valence-electron chi connectivity index (χ0n) is 33.5. The minimum absolute atomic E-state index is 0.416. The second-order valence-corrected chi connectivity index (χ2v) is 16.2. The number of para-hydroxylation sites is 2. The summed E-state index contributed by atoms with van der Waals surface area (Å²) in [5, 5.41) is 2.17. The van der Waals surface area contributed by atoms with Crippen molar-refractivity contribution in [1.82, 2.24) is 15.0 Å². The monoisotopic (exact) mass is 789 g/mol. The molecule has 2 aliphatic carbocycles. The SMILES string of the molecule is c1ccc(-c2nc(-c3cccc(-c4ccc5c(c4)C4(c6ccccc6-c6ccccc64)c4ccccc4-5)c3)nc(-c3ccccc3-c3cccc4c3oc3ccccc34)n2)cc1. The number of hydrogen-bond acceptors (Lipinski definition) is 4. The van der Waals surface area contributed by atoms with E-state index < -0.39 is 5.41 Å². The van der Waals surface area contributed by atoms with Crippen LogP contribution in [0.25, 0.3) is 101 Å². The maximum Gasteiger partial charge on any atom is 0.164 e. The lowest BCUT2D eigenvalue weighted by atomic mass is 9.70. The summed E-state index contributed by atoms with van der Waals surface area (Å²) in [6, 6.07) is 75.6. The number of benzene rings is 9. The molecule has 2 aliphatic rings. The Morgan fingerprint density at radius 3 is 1.50 bits per heavy atom. The average molecular weight is 790 g/mol. The van der Waals surface area contributed by atoms with Gasteiger partial charge < -0.3 is 4.42 Å². The highest BCUT2D eigenvalue weighted by molar-refractivity contribution is 6.10. The van der Waals surface area contributed by atoms with Crippen LogP contribution in [0.3, 0.4) is 0 Å². The number of fused-ring (bicyclic) bond motifs is 13. The number of aromatic nitrogens is 3. The molecule has 0 bridgehead atoms. The van der Waals surface area contributed by atoms with E-state index >= 15 is 0 Å². The lowest BCUT2D eigenvalue weighted by molar-refractivity contribution is 0.670. The quantitative estimate of drug-likeness (QED) is 0.174. The number of furan rings is 1. The third kappa shape index (κ3) is 4.98. The van der Waals surface area contributed by atoms with E-state index in [0.717, 1.165) is 60.9 Å². The van der Waals surface area contributed by atoms with Gasteiger partial charge in [-0.25, -0.2) is 15.0 Å². The van der Waals surface area contributed by atoms with Crippen LogP contribution in [0, 0.1) is 0 Å². The molecule has 4 nitrogen and oxygen atoms in total. The van der Waals surface area contributed by atoms with Crippen molar-refractivity contribution in [2.45, 2.75) is 5.41 Å². The molecule has 0 unspecified atom stereocenters. The van der Waals surface area contributed by atoms with Crippen LogP contribution in [0.2, 0.25) is 0 Å². The first-order valence-corrected chi connectivity index (χ1v) is 21.1. The molecule has 4 heteroatoms. The lowest BCUT2D eigenvalue weighted by Gasteiger charge is -2.30. The van der Waals surface area contributed by atoms with E-state index in [4.69, 9.17) is 19.4 Å². The van der Waals surface area contributed by atoms with Crippen LogP contribution >= 0.6 is 0 Å². The molecule has 11 aromatic rings. The summed E-state index contributed by atoms with van der Waals surface area (Å²) in [5.41, 5.74) is 18.7. The van der Waals surface area contributed by atoms with Crippen LogP contribution in [0.1, 0.15) is 22.3 Å². The molecule has 0 atom stereocenters. The van der Waals surface area contributed by atoms with Crippen LogP contribution < -0.4 is 0 Å². The minimum Gasteiger partial charge on any atom is -0.455 e. The highest BCUT2D eigenvalue weighted by atomic mass is 16.3. The first kappa shape index (κ1) is 34.6. The number of rotatable bonds is 5. The van der Waals surface area contributed by atoms with E-state index in [-0.39, 0.29) is 0 Å². The van der Waals surface area contributed by atoms with Crippen molar-refractivity contribution >= 4 is 21.9 Å². The molecule has 2 heterocycles. The molecule has 0 radical (unpaired) electrons. The summed E-state index contributed by atoms with van der Waals surface area (Å²) in [4.78, 5) is 15.6. The molecule has 2 aromatic heterocycles. The molecular formula is C58H35N3O. The van der Waals surface area contributed by atoms with Gasteiger partial charge in [-0.3, -0.25) is 0 Å². The summed E-state index contributed by atoms with van der Waals surface area (Å²) in [5.74, 6) is 1.82. The molecule has 288 valence electrons. The zero-order valence-corrected chi connectivity index (χ0v) is 33.5. The fourth-order valence-corrected chi connectivity index (χ4v) is 10.3. The predicted octanol–water partition coefficient (Wildman–Crippen LogP) is 14.4. The standard InChI is InChI=1S/C58H35N3O/c1-2-16-36(17-3-1)55-59-56(61-57(60-55)48-25-5-4-20-40(48)46-26-15-27-47-45-24-9-13-31-53(45)62-54(46)47)39-19-14-18-37(34-39)38-32-33-44-43-23-8-12-30-51(43)58(52(44)35-38)49-28-10-6-21-41(49)42-22-7-11-29-50(42)58/h1-35H. The van der Waals surface area contributed by atoms with Gasteiger partial charge in [-0.15, -0.1) is 0 Å². The Labute approximate surface area is 358 Å². The van der Waals surface area contributed by atoms with Crippen LogP contribution in [-0.4, -0.2) is 15.0 Å². The highest BCUT2D eigenvalue weighted by Gasteiger charge is 2.51. The van der Waals surface area contributed by atoms with Gasteiger partial charge in [0, 0.05) is 33.0 Å². The smallest absolute Gasteiger partial charge is 0.164 e. The van der Waals surface area contributed by atoms with Crippen molar-refractivity contribution in [2.24, 2.45) is 0 Å². The Morgan fingerprint density at radius 2 is 0.774 bits per heavy atom. The first-order valence-electron chi connectivity index (χ1n) is 21.1. The van der Waals surface area contributed by atoms with Crippen molar-refractivity contribution in [2.75, 3.05) is 0 Å². The van der Waals surface area contributed by atoms with E-state index in [0.29, 0.717) is 17.5 Å². The summed E-state index contributed by atoms with van der Waals surface area (Å²) in [7, 11) is 0. The minimum atomic E-state index is -0.416. The van der Waals surface area contributed by atoms with Crippen molar-refractivity contribution in [3.8, 4) is 78.7 Å². The van der Waals surface area contributed by atoms with Crippen molar-refractivity contribution in [3.63, 3.8) is 0 Å². The fourth-order valence-electron chi connectivity index (χ4n) is 10.3. The van der Waals surface area contributed by atoms with Gasteiger partial charge in [0.05, 0.1) is 5.41 Å². The summed E-state index contributed by atoms with van der Waals surface area (Å²) in [6.07, 6.45) is 0. The predicted molar refractivity (Wildman–Crippen MR) is 251 cm³/mol. The molecule has 0 saturated heterocycles. The van der Waals surface area contributed by atoms with E-state index in [1.165, 1.54) is 44.5 Å². The maximum atomic E-state index is 6.53. The van der Waals surface area contributed by atoms with Crippen LogP contribution in [0.4, 0.5) is 0 Å². The Kier molecular flexibility index (Phi) is 7.49. The van der Waals surface area contributed by atoms with Gasteiger partial charge in [0.2, 0.25) is 0 Å². The van der Waals surface area contributed by atoms with Gasteiger partial charge in [0.1, 0.15) is 11.2 Å². The normalized spacial score (nSPS) is 13.0. The van der Waals surface area contributed by atoms with Gasteiger partial charge >= 0.3 is 0 Å². The van der Waals surface area contributed by atoms with E-state index in [2.05, 4.69) is 176 Å². The fraction of sp³-hybridized carbons (Fsp3) is 0.0172. The van der Waals surface area contributed by atoms with Gasteiger partial charge in [0.15, 0.2) is 17.5 Å². The van der Waals surface area contributed by atoms with E-state index in [9.17, 15) is 0 Å². The average Bonchev–Trinajstić information content (AvgIpc) is 3.98. The molecule has 62 heavy (non-hydrogen) atoms. The van der Waals surface area contributed by atoms with Gasteiger partial charge in [0.25, 0.3) is 0 Å². The van der Waals surface area contributed by atoms with Crippen LogP contribution in [0.5, 0.6) is 0 Å². The zero-order chi connectivity index (χ0) is 40.8. The topological polar surface area (TPSA) is 51.8 Å². The third-order valence-electron chi connectivity index (χ3n) is 13.0. The molecule has 0 amide bonds. The van der Waals surface area contributed by atoms with Crippen LogP contribution in [-0.2, 0) is 5.41 Å². The van der Waals surface area contributed by atoms with Crippen LogP contribution in [0.15, 0.2) is 217 Å². The number of nitrogens with zero attached hydrogens (tertiary/aromatic N) is 3. The molecule has 0 N–H and O–H groups in total. The maximum absolute atomic E-state index is 6.53. The summed E-state index contributed by atoms with van der Waals surface area (Å²) >= 11 is 0. The van der Waals surface area contributed by atoms with Crippen molar-refractivity contribution < 1.29 is 4.42 Å². The molecule has 1 spiro atoms. The summed E-state index contributed by atoms with van der Waals surface area (Å²) in [6.45, 7) is 0. The Bertz CT molecular complexity index is 3540. The second-order valence-electron chi connectivity index (χ2n) is 16.2. The lowest BCUT2D eigenvalue weighted by Crippen LogP contribution is -2.25. The van der Waals surface area contributed by atoms with Gasteiger partial charge in [-0.1, -0.05) is 194 Å². The Hall–Kier alpha value is -8.21. The van der Waals surface area contributed by atoms with Crippen molar-refractivity contribution in [3.05, 3.63) is 235 Å². The molecule has 13 rings (SSSR count). The number of hydrogen-bond donors (Lipinski definition) is 0. The molecule has 0 fully saturated rings. The van der Waals surface area contributed by atoms with Crippen molar-refractivity contribution in [1.29, 1.82) is 0 Å². The summed E-state index contributed by atoms with van der Waals surface area (Å²) < 4.78 is 6.53.